The van der Waals surface area contributed by atoms with E-state index < -0.39 is 0 Å². The van der Waals surface area contributed by atoms with Crippen LogP contribution in [0.25, 0.3) is 0 Å². The third-order valence-corrected chi connectivity index (χ3v) is 4.23. The van der Waals surface area contributed by atoms with Crippen LogP contribution in [0.1, 0.15) is 27.7 Å². The van der Waals surface area contributed by atoms with E-state index in [1.54, 1.807) is 18.3 Å². The Hall–Kier alpha value is -0.280. The second-order valence-corrected chi connectivity index (χ2v) is 4.91. The Kier molecular flexibility index (Phi) is 2.24. The Bertz CT molecular complexity index is 314. The smallest absolute Gasteiger partial charge is 0.170 e. The summed E-state index contributed by atoms with van der Waals surface area (Å²) in [7, 11) is 0. The summed E-state index contributed by atoms with van der Waals surface area (Å²) in [6, 6.07) is 0. The molecule has 0 spiro atoms. The highest BCUT2D eigenvalue weighted by Gasteiger charge is 2.17. The van der Waals surface area contributed by atoms with Crippen molar-refractivity contribution in [3.8, 4) is 0 Å². The predicted octanol–water partition coefficient (Wildman–Crippen LogP) is 2.74. The zero-order chi connectivity index (χ0) is 8.55. The van der Waals surface area contributed by atoms with Gasteiger partial charge in [-0.05, 0) is 35.6 Å². The minimum atomic E-state index is 0.230. The monoisotopic (exact) mass is 198 g/mol. The van der Waals surface area contributed by atoms with Crippen LogP contribution in [-0.2, 0) is 12.2 Å². The van der Waals surface area contributed by atoms with Crippen LogP contribution in [0.4, 0.5) is 0 Å². The molecule has 0 fully saturated rings. The first-order chi connectivity index (χ1) is 5.79. The van der Waals surface area contributed by atoms with Crippen molar-refractivity contribution in [3.05, 3.63) is 21.4 Å². The molecule has 0 saturated heterocycles. The first kappa shape index (κ1) is 8.32. The predicted molar refractivity (Wildman–Crippen MR) is 54.2 cm³/mol. The molecule has 12 heavy (non-hydrogen) atoms. The number of Topliss-reactive ketones (excluding diaryl/α,β-unsaturated/α-hetero) is 1. The van der Waals surface area contributed by atoms with Crippen molar-refractivity contribution in [3.63, 3.8) is 0 Å². The van der Waals surface area contributed by atoms with Crippen molar-refractivity contribution in [1.29, 1.82) is 0 Å². The molecule has 1 aromatic heterocycles. The molecule has 2 rings (SSSR count). The number of carbonyl (C=O) groups excluding carboxylic acids is 1. The number of hydrogen-bond acceptors (Lipinski definition) is 3. The fourth-order valence-corrected chi connectivity index (χ4v) is 3.57. The summed E-state index contributed by atoms with van der Waals surface area (Å²) in [5.41, 5.74) is 2.72. The molecular weight excluding hydrogens is 188 g/mol. The normalized spacial score (nSPS) is 15.8. The number of rotatable bonds is 1. The molecule has 64 valence electrons. The van der Waals surface area contributed by atoms with E-state index in [4.69, 9.17) is 0 Å². The average molecular weight is 198 g/mol. The van der Waals surface area contributed by atoms with E-state index in [1.807, 2.05) is 11.8 Å². The van der Waals surface area contributed by atoms with Crippen LogP contribution in [0.15, 0.2) is 5.38 Å². The number of thiophene rings is 1. The maximum atomic E-state index is 11.2. The molecule has 0 radical (unpaired) electrons. The maximum absolute atomic E-state index is 11.2. The standard InChI is InChI=1S/C9H10OS2/c1-6(10)9-8-2-3-11-4-7(8)5-12-9/h5H,2-4H2,1H3. The maximum Gasteiger partial charge on any atom is 0.170 e. The van der Waals surface area contributed by atoms with Crippen molar-refractivity contribution < 1.29 is 4.79 Å². The lowest BCUT2D eigenvalue weighted by Crippen LogP contribution is -2.03. The molecule has 0 N–H and O–H groups in total. The average Bonchev–Trinajstić information content (AvgIpc) is 2.47. The molecule has 0 bridgehead atoms. The van der Waals surface area contributed by atoms with Gasteiger partial charge in [-0.15, -0.1) is 11.3 Å². The van der Waals surface area contributed by atoms with E-state index in [2.05, 4.69) is 5.38 Å². The Balaban J connectivity index is 2.44. The van der Waals surface area contributed by atoms with Gasteiger partial charge in [0.1, 0.15) is 0 Å². The molecule has 0 saturated carbocycles. The number of thioether (sulfide) groups is 1. The Morgan fingerprint density at radius 1 is 1.58 bits per heavy atom. The van der Waals surface area contributed by atoms with Crippen molar-refractivity contribution in [1.82, 2.24) is 0 Å². The van der Waals surface area contributed by atoms with Crippen molar-refractivity contribution in [2.75, 3.05) is 5.75 Å². The lowest BCUT2D eigenvalue weighted by molar-refractivity contribution is 0.102. The van der Waals surface area contributed by atoms with Gasteiger partial charge in [0.2, 0.25) is 0 Å². The van der Waals surface area contributed by atoms with Gasteiger partial charge >= 0.3 is 0 Å². The Labute approximate surface area is 80.2 Å². The van der Waals surface area contributed by atoms with Gasteiger partial charge in [-0.2, -0.15) is 11.8 Å². The van der Waals surface area contributed by atoms with Gasteiger partial charge in [0.05, 0.1) is 4.88 Å². The number of ketones is 1. The van der Waals surface area contributed by atoms with Gasteiger partial charge in [-0.25, -0.2) is 0 Å². The van der Waals surface area contributed by atoms with Crippen molar-refractivity contribution >= 4 is 28.9 Å². The Morgan fingerprint density at radius 3 is 3.17 bits per heavy atom. The second kappa shape index (κ2) is 3.23. The summed E-state index contributed by atoms with van der Waals surface area (Å²) in [5, 5.41) is 2.14. The molecule has 0 aromatic carbocycles. The summed E-state index contributed by atoms with van der Waals surface area (Å²) in [6.07, 6.45) is 1.08. The largest absolute Gasteiger partial charge is 0.294 e. The highest BCUT2D eigenvalue weighted by Crippen LogP contribution is 2.31. The highest BCUT2D eigenvalue weighted by atomic mass is 32.2. The van der Waals surface area contributed by atoms with Crippen LogP contribution < -0.4 is 0 Å². The zero-order valence-corrected chi connectivity index (χ0v) is 8.56. The quantitative estimate of drug-likeness (QED) is 0.645. The van der Waals surface area contributed by atoms with Gasteiger partial charge < -0.3 is 0 Å². The highest BCUT2D eigenvalue weighted by molar-refractivity contribution is 7.98. The molecule has 3 heteroatoms. The van der Waals surface area contributed by atoms with Crippen LogP contribution in [0.2, 0.25) is 0 Å². The molecule has 1 aliphatic heterocycles. The van der Waals surface area contributed by atoms with Crippen LogP contribution in [-0.4, -0.2) is 11.5 Å². The fourth-order valence-electron chi connectivity index (χ4n) is 1.47. The lowest BCUT2D eigenvalue weighted by atomic mass is 10.1. The summed E-state index contributed by atoms with van der Waals surface area (Å²) in [5.74, 6) is 2.50. The van der Waals surface area contributed by atoms with E-state index in [9.17, 15) is 4.79 Å². The third-order valence-electron chi connectivity index (χ3n) is 2.05. The van der Waals surface area contributed by atoms with E-state index in [-0.39, 0.29) is 5.78 Å². The van der Waals surface area contributed by atoms with Crippen molar-refractivity contribution in [2.45, 2.75) is 19.1 Å². The minimum absolute atomic E-state index is 0.230. The summed E-state index contributed by atoms with van der Waals surface area (Å²) in [6.45, 7) is 1.66. The van der Waals surface area contributed by atoms with Gasteiger partial charge in [0.25, 0.3) is 0 Å². The van der Waals surface area contributed by atoms with Crippen LogP contribution in [0.5, 0.6) is 0 Å². The third kappa shape index (κ3) is 1.31. The summed E-state index contributed by atoms with van der Waals surface area (Å²) in [4.78, 5) is 12.2. The molecule has 1 nitrogen and oxygen atoms in total. The molecule has 0 amide bonds. The van der Waals surface area contributed by atoms with Crippen LogP contribution in [0.3, 0.4) is 0 Å². The van der Waals surface area contributed by atoms with E-state index in [0.717, 1.165) is 17.1 Å². The second-order valence-electron chi connectivity index (χ2n) is 2.93. The number of carbonyl (C=O) groups is 1. The Morgan fingerprint density at radius 2 is 2.42 bits per heavy atom. The zero-order valence-electron chi connectivity index (χ0n) is 6.92. The van der Waals surface area contributed by atoms with Crippen LogP contribution >= 0.6 is 23.1 Å². The molecular formula is C9H10OS2. The first-order valence-electron chi connectivity index (χ1n) is 3.97. The van der Waals surface area contributed by atoms with E-state index in [1.165, 1.54) is 16.9 Å². The molecule has 1 aromatic rings. The topological polar surface area (TPSA) is 17.1 Å². The molecule has 2 heterocycles. The van der Waals surface area contributed by atoms with Crippen LogP contribution in [0, 0.1) is 0 Å². The summed E-state index contributed by atoms with van der Waals surface area (Å²) >= 11 is 3.57. The molecule has 1 aliphatic rings. The summed E-state index contributed by atoms with van der Waals surface area (Å²) < 4.78 is 0. The fraction of sp³-hybridized carbons (Fsp3) is 0.444. The first-order valence-corrected chi connectivity index (χ1v) is 6.00. The molecule has 0 atom stereocenters. The minimum Gasteiger partial charge on any atom is -0.294 e. The van der Waals surface area contributed by atoms with E-state index >= 15 is 0 Å². The van der Waals surface area contributed by atoms with Gasteiger partial charge in [-0.3, -0.25) is 4.79 Å². The van der Waals surface area contributed by atoms with Gasteiger partial charge in [0, 0.05) is 5.75 Å². The SMILES string of the molecule is CC(=O)c1scc2c1CCSC2. The molecule has 0 aliphatic carbocycles. The van der Waals surface area contributed by atoms with Crippen molar-refractivity contribution in [2.24, 2.45) is 0 Å². The number of fused-ring (bicyclic) bond motifs is 1. The van der Waals surface area contributed by atoms with Gasteiger partial charge in [0.15, 0.2) is 5.78 Å². The van der Waals surface area contributed by atoms with Gasteiger partial charge in [-0.1, -0.05) is 0 Å². The number of hydrogen-bond donors (Lipinski definition) is 0. The lowest BCUT2D eigenvalue weighted by Gasteiger charge is -2.11. The molecule has 0 unspecified atom stereocenters. The van der Waals surface area contributed by atoms with E-state index in [0.29, 0.717) is 0 Å².